The maximum atomic E-state index is 12.4. The second-order valence-electron chi connectivity index (χ2n) is 6.35. The zero-order valence-electron chi connectivity index (χ0n) is 15.2. The van der Waals surface area contributed by atoms with Crippen LogP contribution in [0, 0.1) is 6.92 Å². The van der Waals surface area contributed by atoms with E-state index in [1.807, 2.05) is 6.92 Å². The van der Waals surface area contributed by atoms with E-state index >= 15 is 0 Å². The second-order valence-corrected chi connectivity index (χ2v) is 6.35. The number of carbonyl (C=O) groups excluding carboxylic acids is 2. The van der Waals surface area contributed by atoms with Gasteiger partial charge < -0.3 is 14.2 Å². The van der Waals surface area contributed by atoms with Crippen molar-refractivity contribution in [3.05, 3.63) is 33.7 Å². The number of unbranched alkanes of at least 4 members (excludes halogenated alkanes) is 1. The summed E-state index contributed by atoms with van der Waals surface area (Å²) < 4.78 is 15.5. The van der Waals surface area contributed by atoms with Gasteiger partial charge in [-0.3, -0.25) is 0 Å². The molecule has 136 valence electrons. The summed E-state index contributed by atoms with van der Waals surface area (Å²) in [4.78, 5) is 27.1. The highest BCUT2D eigenvalue weighted by Crippen LogP contribution is 2.34. The molecule has 1 aromatic carbocycles. The topological polar surface area (TPSA) is 111 Å². The fraction of sp³-hybridized carbons (Fsp3) is 0.529. The molecule has 0 radical (unpaired) electrons. The Morgan fingerprint density at radius 3 is 2.52 bits per heavy atom. The van der Waals surface area contributed by atoms with E-state index in [-0.39, 0.29) is 23.6 Å². The lowest BCUT2D eigenvalue weighted by atomic mass is 10.1. The van der Waals surface area contributed by atoms with E-state index in [0.717, 1.165) is 6.42 Å². The Labute approximate surface area is 146 Å². The van der Waals surface area contributed by atoms with E-state index in [9.17, 15) is 9.59 Å². The third-order valence-corrected chi connectivity index (χ3v) is 3.00. The molecule has 0 unspecified atom stereocenters. The Hall–Kier alpha value is -2.73. The summed E-state index contributed by atoms with van der Waals surface area (Å²) in [5.41, 5.74) is 8.38. The molecule has 0 saturated carbocycles. The number of ether oxygens (including phenoxy) is 3. The van der Waals surface area contributed by atoms with Crippen molar-refractivity contribution in [2.45, 2.75) is 53.1 Å². The molecule has 1 rings (SSSR count). The highest BCUT2D eigenvalue weighted by Gasteiger charge is 2.25. The third kappa shape index (κ3) is 6.35. The maximum Gasteiger partial charge on any atom is 0.514 e. The number of esters is 1. The van der Waals surface area contributed by atoms with Gasteiger partial charge in [-0.15, -0.1) is 0 Å². The molecule has 0 aliphatic rings. The zero-order chi connectivity index (χ0) is 19.0. The molecule has 0 bridgehead atoms. The van der Waals surface area contributed by atoms with Crippen molar-refractivity contribution in [1.82, 2.24) is 0 Å². The van der Waals surface area contributed by atoms with Crippen LogP contribution in [-0.4, -0.2) is 24.3 Å². The van der Waals surface area contributed by atoms with Crippen molar-refractivity contribution in [2.75, 3.05) is 6.61 Å². The largest absolute Gasteiger partial charge is 0.514 e. The van der Waals surface area contributed by atoms with Crippen molar-refractivity contribution < 1.29 is 23.8 Å². The number of nitrogens with zero attached hydrogens (tertiary/aromatic N) is 3. The smallest absolute Gasteiger partial charge is 0.462 e. The van der Waals surface area contributed by atoms with Gasteiger partial charge in [-0.05, 0) is 45.2 Å². The highest BCUT2D eigenvalue weighted by atomic mass is 16.7. The van der Waals surface area contributed by atoms with Crippen LogP contribution in [0.2, 0.25) is 0 Å². The number of azide groups is 1. The third-order valence-electron chi connectivity index (χ3n) is 3.00. The average Bonchev–Trinajstić information content (AvgIpc) is 2.49. The van der Waals surface area contributed by atoms with Gasteiger partial charge in [0.05, 0.1) is 12.3 Å². The summed E-state index contributed by atoms with van der Waals surface area (Å²) in [6.07, 6.45) is 0.582. The molecular formula is C17H23N3O5. The highest BCUT2D eigenvalue weighted by molar-refractivity contribution is 5.99. The van der Waals surface area contributed by atoms with Gasteiger partial charge in [0.15, 0.2) is 5.75 Å². The van der Waals surface area contributed by atoms with Crippen molar-refractivity contribution in [1.29, 1.82) is 0 Å². The number of rotatable bonds is 6. The van der Waals surface area contributed by atoms with Crippen LogP contribution in [0.25, 0.3) is 10.4 Å². The summed E-state index contributed by atoms with van der Waals surface area (Å²) in [6.45, 7) is 8.91. The predicted octanol–water partition coefficient (Wildman–Crippen LogP) is 5.21. The molecule has 0 aromatic heterocycles. The first kappa shape index (κ1) is 20.3. The molecular weight excluding hydrogens is 326 g/mol. The van der Waals surface area contributed by atoms with Gasteiger partial charge in [-0.2, -0.15) is 0 Å². The van der Waals surface area contributed by atoms with E-state index in [1.165, 1.54) is 6.07 Å². The lowest BCUT2D eigenvalue weighted by Crippen LogP contribution is -2.26. The number of carbonyl (C=O) groups is 2. The first-order valence-corrected chi connectivity index (χ1v) is 7.96. The SMILES string of the molecule is CCCCOC(=O)c1c(N=[N+]=[N-])ccc(C)c1OC(=O)OC(C)(C)C. The quantitative estimate of drug-likeness (QED) is 0.175. The average molecular weight is 349 g/mol. The fourth-order valence-corrected chi connectivity index (χ4v) is 1.87. The zero-order valence-corrected chi connectivity index (χ0v) is 15.2. The number of benzene rings is 1. The Bertz CT molecular complexity index is 688. The molecule has 0 aliphatic carbocycles. The Kier molecular flexibility index (Phi) is 7.26. The fourth-order valence-electron chi connectivity index (χ4n) is 1.87. The normalized spacial score (nSPS) is 10.6. The molecule has 0 spiro atoms. The minimum Gasteiger partial charge on any atom is -0.462 e. The van der Waals surface area contributed by atoms with E-state index < -0.39 is 17.7 Å². The minimum absolute atomic E-state index is 0.0214. The summed E-state index contributed by atoms with van der Waals surface area (Å²) in [5, 5.41) is 3.49. The standard InChI is InChI=1S/C17H23N3O5/c1-6-7-10-23-15(21)13-12(19-20-18)9-8-11(2)14(13)24-16(22)25-17(3,4)5/h8-9H,6-7,10H2,1-5H3. The van der Waals surface area contributed by atoms with Crippen molar-refractivity contribution in [3.63, 3.8) is 0 Å². The number of aryl methyl sites for hydroxylation is 1. The van der Waals surface area contributed by atoms with E-state index in [0.29, 0.717) is 12.0 Å². The van der Waals surface area contributed by atoms with Gasteiger partial charge in [0.25, 0.3) is 0 Å². The molecule has 0 heterocycles. The van der Waals surface area contributed by atoms with Gasteiger partial charge in [0.2, 0.25) is 0 Å². The Balaban J connectivity index is 3.25. The molecule has 8 heteroatoms. The van der Waals surface area contributed by atoms with Gasteiger partial charge in [0, 0.05) is 4.91 Å². The first-order chi connectivity index (χ1) is 11.7. The molecule has 0 atom stereocenters. The van der Waals surface area contributed by atoms with Crippen LogP contribution in [0.3, 0.4) is 0 Å². The van der Waals surface area contributed by atoms with Crippen molar-refractivity contribution in [2.24, 2.45) is 5.11 Å². The van der Waals surface area contributed by atoms with Gasteiger partial charge in [-0.25, -0.2) is 9.59 Å². The van der Waals surface area contributed by atoms with Crippen LogP contribution in [0.4, 0.5) is 10.5 Å². The second kappa shape index (κ2) is 8.94. The lowest BCUT2D eigenvalue weighted by molar-refractivity contribution is 0.0201. The molecule has 0 amide bonds. The van der Waals surface area contributed by atoms with E-state index in [2.05, 4.69) is 10.0 Å². The Morgan fingerprint density at radius 1 is 1.28 bits per heavy atom. The molecule has 1 aromatic rings. The van der Waals surface area contributed by atoms with Crippen LogP contribution in [0.15, 0.2) is 17.2 Å². The Morgan fingerprint density at radius 2 is 1.96 bits per heavy atom. The molecule has 0 aliphatic heterocycles. The molecule has 0 fully saturated rings. The summed E-state index contributed by atoms with van der Waals surface area (Å²) >= 11 is 0. The molecule has 8 nitrogen and oxygen atoms in total. The maximum absolute atomic E-state index is 12.4. The molecule has 0 saturated heterocycles. The van der Waals surface area contributed by atoms with Crippen LogP contribution in [0.1, 0.15) is 56.5 Å². The summed E-state index contributed by atoms with van der Waals surface area (Å²) in [6, 6.07) is 3.04. The van der Waals surface area contributed by atoms with Gasteiger partial charge in [-0.1, -0.05) is 30.6 Å². The van der Waals surface area contributed by atoms with E-state index in [1.54, 1.807) is 33.8 Å². The van der Waals surface area contributed by atoms with Gasteiger partial charge in [0.1, 0.15) is 11.2 Å². The molecule has 0 N–H and O–H groups in total. The minimum atomic E-state index is -0.962. The first-order valence-electron chi connectivity index (χ1n) is 7.96. The van der Waals surface area contributed by atoms with Crippen LogP contribution in [-0.2, 0) is 9.47 Å². The van der Waals surface area contributed by atoms with E-state index in [4.69, 9.17) is 19.7 Å². The van der Waals surface area contributed by atoms with Crippen LogP contribution < -0.4 is 4.74 Å². The lowest BCUT2D eigenvalue weighted by Gasteiger charge is -2.20. The monoisotopic (exact) mass is 349 g/mol. The number of hydrogen-bond donors (Lipinski definition) is 0. The van der Waals surface area contributed by atoms with Crippen LogP contribution in [0.5, 0.6) is 5.75 Å². The predicted molar refractivity (Wildman–Crippen MR) is 92.0 cm³/mol. The van der Waals surface area contributed by atoms with Crippen molar-refractivity contribution >= 4 is 17.8 Å². The summed E-state index contributed by atoms with van der Waals surface area (Å²) in [5.74, 6) is -0.765. The molecule has 25 heavy (non-hydrogen) atoms. The summed E-state index contributed by atoms with van der Waals surface area (Å²) in [7, 11) is 0. The van der Waals surface area contributed by atoms with Gasteiger partial charge >= 0.3 is 12.1 Å². The number of hydrogen-bond acceptors (Lipinski definition) is 6. The van der Waals surface area contributed by atoms with Crippen molar-refractivity contribution in [3.8, 4) is 5.75 Å². The van der Waals surface area contributed by atoms with Crippen LogP contribution >= 0.6 is 0 Å².